The average molecular weight is 271 g/mol. The van der Waals surface area contributed by atoms with Crippen LogP contribution in [0.2, 0.25) is 0 Å². The maximum absolute atomic E-state index is 11.5. The van der Waals surface area contributed by atoms with E-state index < -0.39 is 6.03 Å². The lowest BCUT2D eigenvalue weighted by atomic mass is 10.1. The van der Waals surface area contributed by atoms with Gasteiger partial charge in [0.25, 0.3) is 0 Å². The summed E-state index contributed by atoms with van der Waals surface area (Å²) in [6, 6.07) is 6.57. The zero-order chi connectivity index (χ0) is 11.4. The van der Waals surface area contributed by atoms with Crippen molar-refractivity contribution in [2.45, 2.75) is 6.42 Å². The Hall–Kier alpha value is -1.36. The number of likely N-dealkylation sites (N-methyl/N-ethyl adjacent to an activating group) is 1. The van der Waals surface area contributed by atoms with Crippen LogP contribution in [0, 0.1) is 0 Å². The molecular formula is C10H11BrN2O2. The van der Waals surface area contributed by atoms with Crippen molar-refractivity contribution < 1.29 is 9.59 Å². The molecule has 0 radical (unpaired) electrons. The number of nitrogens with two attached hydrogens (primary N) is 1. The van der Waals surface area contributed by atoms with Crippen molar-refractivity contribution >= 4 is 27.9 Å². The predicted molar refractivity (Wildman–Crippen MR) is 60.2 cm³/mol. The second-order valence-corrected chi connectivity index (χ2v) is 4.01. The fraction of sp³-hybridized carbons (Fsp3) is 0.200. The van der Waals surface area contributed by atoms with Crippen LogP contribution in [-0.4, -0.2) is 23.9 Å². The van der Waals surface area contributed by atoms with Crippen molar-refractivity contribution in [2.75, 3.05) is 7.05 Å². The molecule has 0 atom stereocenters. The van der Waals surface area contributed by atoms with Crippen LogP contribution in [0.1, 0.15) is 5.56 Å². The average Bonchev–Trinajstić information content (AvgIpc) is 2.20. The van der Waals surface area contributed by atoms with Crippen LogP contribution in [-0.2, 0) is 11.2 Å². The van der Waals surface area contributed by atoms with E-state index in [1.165, 1.54) is 7.05 Å². The Bertz CT molecular complexity index is 376. The van der Waals surface area contributed by atoms with E-state index in [0.717, 1.165) is 14.9 Å². The highest BCUT2D eigenvalue weighted by Crippen LogP contribution is 2.11. The van der Waals surface area contributed by atoms with Gasteiger partial charge in [-0.2, -0.15) is 0 Å². The third kappa shape index (κ3) is 3.36. The molecule has 0 saturated carbocycles. The number of carbonyl (C=O) groups excluding carboxylic acids is 2. The zero-order valence-corrected chi connectivity index (χ0v) is 9.82. The molecule has 80 valence electrons. The molecule has 1 rings (SSSR count). The molecule has 0 aliphatic carbocycles. The summed E-state index contributed by atoms with van der Waals surface area (Å²) < 4.78 is 0.946. The summed E-state index contributed by atoms with van der Waals surface area (Å²) in [5.41, 5.74) is 5.82. The minimum atomic E-state index is -0.739. The van der Waals surface area contributed by atoms with Gasteiger partial charge in [0.2, 0.25) is 5.91 Å². The van der Waals surface area contributed by atoms with E-state index in [2.05, 4.69) is 15.9 Å². The molecule has 3 amide bonds. The van der Waals surface area contributed by atoms with E-state index in [4.69, 9.17) is 5.73 Å². The van der Waals surface area contributed by atoms with Crippen molar-refractivity contribution in [2.24, 2.45) is 5.73 Å². The largest absolute Gasteiger partial charge is 0.351 e. The minimum absolute atomic E-state index is 0.173. The first kappa shape index (κ1) is 11.7. The van der Waals surface area contributed by atoms with Crippen molar-refractivity contribution in [3.63, 3.8) is 0 Å². The number of carbonyl (C=O) groups is 2. The Morgan fingerprint density at radius 3 is 2.33 bits per heavy atom. The van der Waals surface area contributed by atoms with Gasteiger partial charge in [-0.25, -0.2) is 4.79 Å². The lowest BCUT2D eigenvalue weighted by Crippen LogP contribution is -2.38. The summed E-state index contributed by atoms with van der Waals surface area (Å²) in [6.07, 6.45) is 0.173. The summed E-state index contributed by atoms with van der Waals surface area (Å²) in [5.74, 6) is -0.315. The molecule has 0 aliphatic heterocycles. The fourth-order valence-electron chi connectivity index (χ4n) is 1.02. The number of imide groups is 1. The molecule has 0 spiro atoms. The Kier molecular flexibility index (Phi) is 3.85. The Labute approximate surface area is 96.2 Å². The van der Waals surface area contributed by atoms with Crippen LogP contribution in [0.3, 0.4) is 0 Å². The first-order chi connectivity index (χ1) is 7.00. The SMILES string of the molecule is CN(C(N)=O)C(=O)Cc1ccc(Br)cc1. The van der Waals surface area contributed by atoms with Gasteiger partial charge in [-0.1, -0.05) is 28.1 Å². The Morgan fingerprint density at radius 2 is 1.87 bits per heavy atom. The molecule has 0 heterocycles. The number of hydrogen-bond acceptors (Lipinski definition) is 2. The second-order valence-electron chi connectivity index (χ2n) is 3.09. The highest BCUT2D eigenvalue weighted by Gasteiger charge is 2.13. The van der Waals surface area contributed by atoms with Gasteiger partial charge in [0.05, 0.1) is 6.42 Å². The van der Waals surface area contributed by atoms with Crippen molar-refractivity contribution in [1.82, 2.24) is 4.90 Å². The quantitative estimate of drug-likeness (QED) is 0.886. The molecule has 0 aromatic heterocycles. The van der Waals surface area contributed by atoms with Gasteiger partial charge < -0.3 is 5.73 Å². The van der Waals surface area contributed by atoms with E-state index in [0.29, 0.717) is 0 Å². The second kappa shape index (κ2) is 4.93. The molecule has 0 bridgehead atoms. The molecule has 0 unspecified atom stereocenters. The van der Waals surface area contributed by atoms with Crippen molar-refractivity contribution in [3.8, 4) is 0 Å². The van der Waals surface area contributed by atoms with E-state index in [9.17, 15) is 9.59 Å². The molecule has 4 nitrogen and oxygen atoms in total. The van der Waals surface area contributed by atoms with Gasteiger partial charge >= 0.3 is 6.03 Å². The van der Waals surface area contributed by atoms with Crippen LogP contribution < -0.4 is 5.73 Å². The van der Waals surface area contributed by atoms with E-state index in [1.54, 1.807) is 0 Å². The molecule has 5 heteroatoms. The van der Waals surface area contributed by atoms with Crippen molar-refractivity contribution in [1.29, 1.82) is 0 Å². The van der Waals surface area contributed by atoms with Crippen LogP contribution >= 0.6 is 15.9 Å². The highest BCUT2D eigenvalue weighted by atomic mass is 79.9. The van der Waals surface area contributed by atoms with Gasteiger partial charge in [-0.3, -0.25) is 9.69 Å². The van der Waals surface area contributed by atoms with Gasteiger partial charge in [-0.15, -0.1) is 0 Å². The first-order valence-electron chi connectivity index (χ1n) is 4.31. The van der Waals surface area contributed by atoms with Gasteiger partial charge in [0.1, 0.15) is 0 Å². The molecule has 1 aromatic rings. The maximum atomic E-state index is 11.5. The number of benzene rings is 1. The number of nitrogens with zero attached hydrogens (tertiary/aromatic N) is 1. The standard InChI is InChI=1S/C10H11BrN2O2/c1-13(10(12)15)9(14)6-7-2-4-8(11)5-3-7/h2-5H,6H2,1H3,(H2,12,15). The number of halogens is 1. The van der Waals surface area contributed by atoms with Gasteiger partial charge in [-0.05, 0) is 17.7 Å². The summed E-state index contributed by atoms with van der Waals surface area (Å²) in [5, 5.41) is 0. The monoisotopic (exact) mass is 270 g/mol. The van der Waals surface area contributed by atoms with Crippen LogP contribution in [0.4, 0.5) is 4.79 Å². The smallest absolute Gasteiger partial charge is 0.321 e. The van der Waals surface area contributed by atoms with Gasteiger partial charge in [0, 0.05) is 11.5 Å². The zero-order valence-electron chi connectivity index (χ0n) is 8.24. The first-order valence-corrected chi connectivity index (χ1v) is 5.10. The number of primary amides is 1. The lowest BCUT2D eigenvalue weighted by Gasteiger charge is -2.11. The van der Waals surface area contributed by atoms with E-state index >= 15 is 0 Å². The maximum Gasteiger partial charge on any atom is 0.321 e. The highest BCUT2D eigenvalue weighted by molar-refractivity contribution is 9.10. The number of hydrogen-bond donors (Lipinski definition) is 1. The third-order valence-corrected chi connectivity index (χ3v) is 2.50. The van der Waals surface area contributed by atoms with E-state index in [1.807, 2.05) is 24.3 Å². The van der Waals surface area contributed by atoms with Crippen LogP contribution in [0.15, 0.2) is 28.7 Å². The minimum Gasteiger partial charge on any atom is -0.351 e. The van der Waals surface area contributed by atoms with Crippen LogP contribution in [0.25, 0.3) is 0 Å². The summed E-state index contributed by atoms with van der Waals surface area (Å²) >= 11 is 3.29. The van der Waals surface area contributed by atoms with E-state index in [-0.39, 0.29) is 12.3 Å². The lowest BCUT2D eigenvalue weighted by molar-refractivity contribution is -0.126. The topological polar surface area (TPSA) is 63.4 Å². The van der Waals surface area contributed by atoms with Crippen molar-refractivity contribution in [3.05, 3.63) is 34.3 Å². The third-order valence-electron chi connectivity index (χ3n) is 1.97. The molecule has 0 saturated heterocycles. The molecule has 1 aromatic carbocycles. The normalized spacial score (nSPS) is 9.73. The molecule has 15 heavy (non-hydrogen) atoms. The Morgan fingerprint density at radius 1 is 1.33 bits per heavy atom. The Balaban J connectivity index is 2.66. The summed E-state index contributed by atoms with van der Waals surface area (Å²) in [7, 11) is 1.36. The number of urea groups is 1. The number of rotatable bonds is 2. The molecule has 2 N–H and O–H groups in total. The molecule has 0 aliphatic rings. The fourth-order valence-corrected chi connectivity index (χ4v) is 1.28. The summed E-state index contributed by atoms with van der Waals surface area (Å²) in [4.78, 5) is 23.1. The summed E-state index contributed by atoms with van der Waals surface area (Å²) in [6.45, 7) is 0. The molecular weight excluding hydrogens is 260 g/mol. The predicted octanol–water partition coefficient (Wildman–Crippen LogP) is 1.53. The van der Waals surface area contributed by atoms with Gasteiger partial charge in [0.15, 0.2) is 0 Å². The molecule has 0 fully saturated rings. The van der Waals surface area contributed by atoms with Crippen LogP contribution in [0.5, 0.6) is 0 Å². The number of amides is 3.